The van der Waals surface area contributed by atoms with E-state index in [-0.39, 0.29) is 62.9 Å². The number of carboxylic acid groups (broad SMARTS) is 1. The number of aryl methyl sites for hydroxylation is 2. The Kier molecular flexibility index (Phi) is 18.9. The lowest BCUT2D eigenvalue weighted by Gasteiger charge is -2.29. The van der Waals surface area contributed by atoms with Gasteiger partial charge in [0, 0.05) is 12.0 Å². The maximum Gasteiger partial charge on any atom is 0.347 e. The molecule has 19 heteroatoms. The Morgan fingerprint density at radius 1 is 0.862 bits per heavy atom. The van der Waals surface area contributed by atoms with Crippen LogP contribution in [0.3, 0.4) is 0 Å². The number of cyclic esters (lactones) is 2. The first-order valence-corrected chi connectivity index (χ1v) is 20.7. The summed E-state index contributed by atoms with van der Waals surface area (Å²) in [4.78, 5) is 97.9. The number of phenols is 3. The molecule has 0 aromatic heterocycles. The molecule has 0 aliphatic carbocycles. The zero-order valence-electron chi connectivity index (χ0n) is 37.6. The standard InChI is InChI=1S/C27H38N2O9.C19H18O8/c1-6-7-8-10-19-24(38-21(31)13-15(2)3)17(5)37-27(35)22(16(4)36-26(19)34)29-25(33)18-11-9-12-20(23(18)32)28-14-30;1-8-5-13(26-4)11(7-20)17(22)14(8)19(25)27-12-6-9(2)16(21)15(10(12)3)18(23)24/h9,11-12,14-17,19,22,24,32H,6-8,10,13H2,1-5H3,(H,28,30)(H,29,33);5-7,21-22H,1-4H3,(H,23,24). The van der Waals surface area contributed by atoms with Crippen molar-refractivity contribution in [3.05, 3.63) is 69.3 Å². The molecule has 4 rings (SSSR count). The van der Waals surface area contributed by atoms with Gasteiger partial charge in [0.15, 0.2) is 24.2 Å². The molecule has 1 aliphatic rings. The van der Waals surface area contributed by atoms with Crippen LogP contribution < -0.4 is 20.1 Å². The lowest BCUT2D eigenvalue weighted by atomic mass is 9.92. The van der Waals surface area contributed by atoms with E-state index in [4.69, 9.17) is 23.7 Å². The summed E-state index contributed by atoms with van der Waals surface area (Å²) in [5, 5.41) is 44.6. The molecule has 1 aliphatic heterocycles. The fourth-order valence-corrected chi connectivity index (χ4v) is 6.94. The molecule has 0 bridgehead atoms. The van der Waals surface area contributed by atoms with Crippen molar-refractivity contribution >= 4 is 54.1 Å². The van der Waals surface area contributed by atoms with Crippen LogP contribution in [0.1, 0.15) is 125 Å². The summed E-state index contributed by atoms with van der Waals surface area (Å²) < 4.78 is 27.1. The summed E-state index contributed by atoms with van der Waals surface area (Å²) in [5.41, 5.74) is -0.522. The van der Waals surface area contributed by atoms with E-state index in [1.807, 2.05) is 20.8 Å². The Bertz CT molecular complexity index is 2290. The van der Waals surface area contributed by atoms with Crippen LogP contribution >= 0.6 is 0 Å². The number of esters is 4. The molecular weight excluding hydrogens is 853 g/mol. The number of methoxy groups -OCH3 is 1. The van der Waals surface area contributed by atoms with Crippen molar-refractivity contribution in [2.75, 3.05) is 12.4 Å². The number of aromatic hydroxyl groups is 3. The number of anilines is 1. The number of aromatic carboxylic acids is 1. The summed E-state index contributed by atoms with van der Waals surface area (Å²) in [7, 11) is 1.31. The number of phenolic OH excluding ortho intramolecular Hbond substituents is 2. The number of ether oxygens (including phenoxy) is 5. The van der Waals surface area contributed by atoms with E-state index >= 15 is 0 Å². The minimum absolute atomic E-state index is 0.00114. The van der Waals surface area contributed by atoms with Crippen molar-refractivity contribution in [3.8, 4) is 28.7 Å². The number of aldehydes is 1. The molecule has 6 N–H and O–H groups in total. The number of carbonyl (C=O) groups is 8. The van der Waals surface area contributed by atoms with E-state index < -0.39 is 83.3 Å². The van der Waals surface area contributed by atoms with Crippen molar-refractivity contribution in [3.63, 3.8) is 0 Å². The largest absolute Gasteiger partial charge is 0.507 e. The number of amides is 2. The Morgan fingerprint density at radius 2 is 1.51 bits per heavy atom. The molecule has 1 heterocycles. The third-order valence-corrected chi connectivity index (χ3v) is 10.4. The summed E-state index contributed by atoms with van der Waals surface area (Å²) in [6.45, 7) is 13.1. The second-order valence-corrected chi connectivity index (χ2v) is 15.7. The van der Waals surface area contributed by atoms with E-state index in [0.717, 1.165) is 12.8 Å². The van der Waals surface area contributed by atoms with Gasteiger partial charge in [0.1, 0.15) is 46.3 Å². The number of carboxylic acids is 1. The maximum absolute atomic E-state index is 13.3. The monoisotopic (exact) mass is 908 g/mol. The van der Waals surface area contributed by atoms with Gasteiger partial charge in [-0.05, 0) is 82.3 Å². The average molecular weight is 909 g/mol. The van der Waals surface area contributed by atoms with Crippen molar-refractivity contribution < 1.29 is 82.5 Å². The van der Waals surface area contributed by atoms with E-state index in [9.17, 15) is 58.8 Å². The second-order valence-electron chi connectivity index (χ2n) is 15.7. The van der Waals surface area contributed by atoms with Gasteiger partial charge in [-0.2, -0.15) is 0 Å². The molecule has 3 aromatic carbocycles. The van der Waals surface area contributed by atoms with Crippen LogP contribution in [-0.4, -0.2) is 100 Å². The van der Waals surface area contributed by atoms with Gasteiger partial charge in [-0.1, -0.05) is 46.1 Å². The first-order chi connectivity index (χ1) is 30.6. The minimum atomic E-state index is -1.42. The predicted octanol–water partition coefficient (Wildman–Crippen LogP) is 5.85. The number of benzene rings is 3. The molecule has 352 valence electrons. The van der Waals surface area contributed by atoms with Gasteiger partial charge in [-0.15, -0.1) is 0 Å². The van der Waals surface area contributed by atoms with E-state index in [1.54, 1.807) is 0 Å². The molecule has 65 heavy (non-hydrogen) atoms. The average Bonchev–Trinajstić information content (AvgIpc) is 3.25. The minimum Gasteiger partial charge on any atom is -0.507 e. The van der Waals surface area contributed by atoms with E-state index in [0.29, 0.717) is 31.1 Å². The Morgan fingerprint density at radius 3 is 2.09 bits per heavy atom. The first-order valence-electron chi connectivity index (χ1n) is 20.7. The van der Waals surface area contributed by atoms with Gasteiger partial charge < -0.3 is 54.7 Å². The number of carbonyl (C=O) groups excluding carboxylic acids is 7. The zero-order chi connectivity index (χ0) is 48.9. The number of rotatable bonds is 16. The predicted molar refractivity (Wildman–Crippen MR) is 231 cm³/mol. The molecule has 19 nitrogen and oxygen atoms in total. The number of unbranched alkanes of at least 4 members (excludes halogenated alkanes) is 2. The first kappa shape index (κ1) is 52.2. The third-order valence-electron chi connectivity index (χ3n) is 10.4. The van der Waals surface area contributed by atoms with Crippen molar-refractivity contribution in [1.82, 2.24) is 5.32 Å². The highest BCUT2D eigenvalue weighted by Gasteiger charge is 2.44. The van der Waals surface area contributed by atoms with Gasteiger partial charge in [0.25, 0.3) is 5.91 Å². The molecular formula is C46H56N2O17. The van der Waals surface area contributed by atoms with Crippen LogP contribution in [0.25, 0.3) is 0 Å². The lowest BCUT2D eigenvalue weighted by Crippen LogP contribution is -2.50. The molecule has 2 amide bonds. The lowest BCUT2D eigenvalue weighted by molar-refractivity contribution is -0.175. The molecule has 1 fully saturated rings. The Balaban J connectivity index is 0.000000365. The highest BCUT2D eigenvalue weighted by atomic mass is 16.6. The van der Waals surface area contributed by atoms with Gasteiger partial charge in [0.05, 0.1) is 29.8 Å². The number of hydrogen-bond acceptors (Lipinski definition) is 16. The van der Waals surface area contributed by atoms with Gasteiger partial charge >= 0.3 is 29.8 Å². The molecule has 1 saturated heterocycles. The smallest absolute Gasteiger partial charge is 0.347 e. The number of hydrogen-bond donors (Lipinski definition) is 6. The van der Waals surface area contributed by atoms with Gasteiger partial charge in [-0.3, -0.25) is 24.0 Å². The normalized spacial score (nSPS) is 18.2. The highest BCUT2D eigenvalue weighted by Crippen LogP contribution is 2.37. The van der Waals surface area contributed by atoms with Crippen LogP contribution in [0.2, 0.25) is 0 Å². The highest BCUT2D eigenvalue weighted by molar-refractivity contribution is 6.02. The Hall–Kier alpha value is -7.18. The number of nitrogens with one attached hydrogen (secondary N) is 2. The van der Waals surface area contributed by atoms with E-state index in [1.165, 1.54) is 72.1 Å². The van der Waals surface area contributed by atoms with Crippen LogP contribution in [0, 0.1) is 32.6 Å². The summed E-state index contributed by atoms with van der Waals surface area (Å²) in [6, 6.07) is 5.42. The van der Waals surface area contributed by atoms with Crippen molar-refractivity contribution in [2.24, 2.45) is 11.8 Å². The SMILES string of the molecule is CCCCCC1C(=O)OC(C)C(NC(=O)c2cccc(NC=O)c2O)C(=O)OC(C)C1OC(=O)CC(C)C.COc1cc(C)c(C(=O)Oc2cc(C)c(O)c(C(=O)O)c2C)c(O)c1C=O. The molecule has 3 aromatic rings. The zero-order valence-corrected chi connectivity index (χ0v) is 37.6. The summed E-state index contributed by atoms with van der Waals surface area (Å²) in [6.07, 6.45) is 0.414. The Labute approximate surface area is 375 Å². The molecule has 0 radical (unpaired) electrons. The molecule has 0 saturated carbocycles. The van der Waals surface area contributed by atoms with Crippen LogP contribution in [0.15, 0.2) is 30.3 Å². The third kappa shape index (κ3) is 13.0. The van der Waals surface area contributed by atoms with Gasteiger partial charge in [-0.25, -0.2) is 14.4 Å². The number of para-hydroxylation sites is 1. The fourth-order valence-electron chi connectivity index (χ4n) is 6.94. The quantitative estimate of drug-likeness (QED) is 0.0245. The molecule has 0 spiro atoms. The van der Waals surface area contributed by atoms with Gasteiger partial charge in [0.2, 0.25) is 6.41 Å². The van der Waals surface area contributed by atoms with E-state index in [2.05, 4.69) is 10.6 Å². The summed E-state index contributed by atoms with van der Waals surface area (Å²) in [5.74, 6) is -7.65. The maximum atomic E-state index is 13.3. The fraction of sp³-hybridized carbons (Fsp3) is 0.435. The van der Waals surface area contributed by atoms with Crippen LogP contribution in [0.5, 0.6) is 28.7 Å². The summed E-state index contributed by atoms with van der Waals surface area (Å²) >= 11 is 0. The van der Waals surface area contributed by atoms with Crippen molar-refractivity contribution in [2.45, 2.75) is 112 Å². The second kappa shape index (κ2) is 23.5. The molecule has 5 unspecified atom stereocenters. The van der Waals surface area contributed by atoms with Crippen molar-refractivity contribution in [1.29, 1.82) is 0 Å². The molecule has 5 atom stereocenters. The topological polar surface area (TPSA) is 288 Å². The van der Waals surface area contributed by atoms with Crippen LogP contribution in [-0.2, 0) is 33.4 Å². The van der Waals surface area contributed by atoms with Crippen LogP contribution in [0.4, 0.5) is 5.69 Å².